The fraction of sp³-hybridized carbons (Fsp3) is 0.917. The molecule has 1 saturated heterocycles. The summed E-state index contributed by atoms with van der Waals surface area (Å²) in [7, 11) is 0. The lowest BCUT2D eigenvalue weighted by atomic mass is 10.2. The Balaban J connectivity index is 1.90. The average Bonchev–Trinajstić information content (AvgIpc) is 2.41. The lowest BCUT2D eigenvalue weighted by Gasteiger charge is -2.21. The molecule has 1 aliphatic rings. The molecule has 1 fully saturated rings. The Morgan fingerprint density at radius 3 is 2.83 bits per heavy atom. The zero-order valence-corrected chi connectivity index (χ0v) is 12.5. The molecule has 0 atom stereocenters. The van der Waals surface area contributed by atoms with Crippen molar-refractivity contribution in [3.63, 3.8) is 0 Å². The molecule has 106 valence electrons. The Bertz CT molecular complexity index is 224. The van der Waals surface area contributed by atoms with Crippen molar-refractivity contribution in [2.45, 2.75) is 24.5 Å². The van der Waals surface area contributed by atoms with Crippen molar-refractivity contribution in [2.24, 2.45) is 0 Å². The molecule has 1 heterocycles. The molecule has 0 aromatic carbocycles. The summed E-state index contributed by atoms with van der Waals surface area (Å²) in [5, 5.41) is 15.5. The summed E-state index contributed by atoms with van der Waals surface area (Å²) in [6.45, 7) is 3.16. The highest BCUT2D eigenvalue weighted by Crippen LogP contribution is 2.19. The molecule has 0 aromatic heterocycles. The van der Waals surface area contributed by atoms with E-state index in [0.29, 0.717) is 11.0 Å². The van der Waals surface area contributed by atoms with Crippen molar-refractivity contribution < 1.29 is 9.90 Å². The third-order valence-corrected chi connectivity index (χ3v) is 5.19. The predicted octanol–water partition coefficient (Wildman–Crippen LogP) is 0.703. The molecule has 0 unspecified atom stereocenters. The molecule has 4 nitrogen and oxygen atoms in total. The first-order chi connectivity index (χ1) is 8.83. The van der Waals surface area contributed by atoms with E-state index in [1.54, 1.807) is 23.5 Å². The van der Waals surface area contributed by atoms with Gasteiger partial charge in [0.15, 0.2) is 0 Å². The van der Waals surface area contributed by atoms with Gasteiger partial charge in [0, 0.05) is 24.2 Å². The van der Waals surface area contributed by atoms with E-state index >= 15 is 0 Å². The maximum Gasteiger partial charge on any atom is 0.230 e. The van der Waals surface area contributed by atoms with Crippen LogP contribution in [0.5, 0.6) is 0 Å². The van der Waals surface area contributed by atoms with Crippen molar-refractivity contribution in [1.82, 2.24) is 10.6 Å². The van der Waals surface area contributed by atoms with Gasteiger partial charge in [0.25, 0.3) is 0 Å². The van der Waals surface area contributed by atoms with Crippen molar-refractivity contribution in [3.8, 4) is 0 Å². The van der Waals surface area contributed by atoms with Gasteiger partial charge in [-0.2, -0.15) is 11.8 Å². The average molecular weight is 292 g/mol. The number of thioether (sulfide) groups is 2. The summed E-state index contributed by atoms with van der Waals surface area (Å²) in [5.74, 6) is 2.65. The van der Waals surface area contributed by atoms with Crippen molar-refractivity contribution in [2.75, 3.05) is 43.5 Å². The predicted molar refractivity (Wildman–Crippen MR) is 80.4 cm³/mol. The van der Waals surface area contributed by atoms with Crippen LogP contribution in [0.1, 0.15) is 19.3 Å². The van der Waals surface area contributed by atoms with Crippen LogP contribution in [0.15, 0.2) is 0 Å². The Kier molecular flexibility index (Phi) is 9.83. The summed E-state index contributed by atoms with van der Waals surface area (Å²) in [6.07, 6.45) is 3.19. The molecule has 3 N–H and O–H groups in total. The van der Waals surface area contributed by atoms with E-state index in [1.165, 1.54) is 12.8 Å². The summed E-state index contributed by atoms with van der Waals surface area (Å²) >= 11 is 3.56. The smallest absolute Gasteiger partial charge is 0.230 e. The van der Waals surface area contributed by atoms with Crippen LogP contribution in [0.2, 0.25) is 0 Å². The van der Waals surface area contributed by atoms with E-state index in [0.717, 1.165) is 37.6 Å². The van der Waals surface area contributed by atoms with Crippen LogP contribution in [-0.2, 0) is 4.79 Å². The van der Waals surface area contributed by atoms with Gasteiger partial charge in [-0.15, -0.1) is 11.8 Å². The Morgan fingerprint density at radius 1 is 1.33 bits per heavy atom. The molecule has 1 rings (SSSR count). The van der Waals surface area contributed by atoms with Gasteiger partial charge in [-0.1, -0.05) is 0 Å². The molecule has 0 bridgehead atoms. The third-order valence-electron chi connectivity index (χ3n) is 2.75. The first-order valence-electron chi connectivity index (χ1n) is 6.60. The molecule has 0 spiro atoms. The maximum atomic E-state index is 11.6. The quantitative estimate of drug-likeness (QED) is 0.546. The summed E-state index contributed by atoms with van der Waals surface area (Å²) in [6, 6.07) is 0. The van der Waals surface area contributed by atoms with Crippen molar-refractivity contribution >= 4 is 29.4 Å². The third kappa shape index (κ3) is 8.24. The molecular formula is C12H24N2O2S2. The van der Waals surface area contributed by atoms with Crippen molar-refractivity contribution in [3.05, 3.63) is 0 Å². The minimum Gasteiger partial charge on any atom is -0.396 e. The number of carbonyl (C=O) groups excluding carboxylic acids is 1. The highest BCUT2D eigenvalue weighted by Gasteiger charge is 2.14. The van der Waals surface area contributed by atoms with Crippen LogP contribution in [0.3, 0.4) is 0 Å². The van der Waals surface area contributed by atoms with Crippen LogP contribution in [0, 0.1) is 0 Å². The van der Waals surface area contributed by atoms with Crippen LogP contribution < -0.4 is 10.6 Å². The summed E-state index contributed by atoms with van der Waals surface area (Å²) in [5.41, 5.74) is 0. The van der Waals surface area contributed by atoms with Gasteiger partial charge >= 0.3 is 0 Å². The zero-order valence-electron chi connectivity index (χ0n) is 10.8. The molecule has 1 aliphatic heterocycles. The molecule has 0 saturated carbocycles. The summed E-state index contributed by atoms with van der Waals surface area (Å²) in [4.78, 5) is 11.6. The number of rotatable bonds is 9. The first kappa shape index (κ1) is 16.1. The van der Waals surface area contributed by atoms with Crippen LogP contribution in [-0.4, -0.2) is 59.8 Å². The Labute approximate surface area is 118 Å². The molecule has 0 aliphatic carbocycles. The highest BCUT2D eigenvalue weighted by atomic mass is 32.2. The van der Waals surface area contributed by atoms with Crippen LogP contribution >= 0.6 is 23.5 Å². The van der Waals surface area contributed by atoms with E-state index in [1.807, 2.05) is 0 Å². The second-order valence-corrected chi connectivity index (χ2v) is 6.81. The molecular weight excluding hydrogens is 268 g/mol. The number of aliphatic hydroxyl groups is 1. The van der Waals surface area contributed by atoms with E-state index in [-0.39, 0.29) is 12.5 Å². The van der Waals surface area contributed by atoms with Gasteiger partial charge < -0.3 is 15.7 Å². The zero-order chi connectivity index (χ0) is 13.1. The van der Waals surface area contributed by atoms with Gasteiger partial charge in [-0.25, -0.2) is 0 Å². The summed E-state index contributed by atoms with van der Waals surface area (Å²) < 4.78 is 0. The lowest BCUT2D eigenvalue weighted by molar-refractivity contribution is -0.118. The normalized spacial score (nSPS) is 16.7. The fourth-order valence-corrected chi connectivity index (χ4v) is 3.58. The highest BCUT2D eigenvalue weighted by molar-refractivity contribution is 8.00. The molecule has 18 heavy (non-hydrogen) atoms. The van der Waals surface area contributed by atoms with Gasteiger partial charge in [-0.05, 0) is 38.1 Å². The number of aliphatic hydroxyl groups excluding tert-OH is 1. The van der Waals surface area contributed by atoms with E-state index in [9.17, 15) is 4.79 Å². The largest absolute Gasteiger partial charge is 0.396 e. The number of nitrogens with one attached hydrogen (secondary N) is 2. The first-order valence-corrected chi connectivity index (χ1v) is 8.81. The second-order valence-electron chi connectivity index (χ2n) is 4.30. The topological polar surface area (TPSA) is 61.4 Å². The number of hydrogen-bond acceptors (Lipinski definition) is 5. The molecule has 1 amide bonds. The van der Waals surface area contributed by atoms with E-state index < -0.39 is 0 Å². The number of hydrogen-bond donors (Lipinski definition) is 3. The monoisotopic (exact) mass is 292 g/mol. The maximum absolute atomic E-state index is 11.6. The molecule has 0 aromatic rings. The standard InChI is InChI=1S/C12H24N2O2S2/c15-7-1-8-17-9-6-14-12(16)10-18-11-2-4-13-5-3-11/h11,13,15H,1-10H2,(H,14,16). The molecule has 0 radical (unpaired) electrons. The number of piperidine rings is 1. The minimum absolute atomic E-state index is 0.154. The van der Waals surface area contributed by atoms with Crippen molar-refractivity contribution in [1.29, 1.82) is 0 Å². The van der Waals surface area contributed by atoms with E-state index in [4.69, 9.17) is 5.11 Å². The fourth-order valence-electron chi connectivity index (χ4n) is 1.74. The Hall–Kier alpha value is 0.0900. The Morgan fingerprint density at radius 2 is 2.11 bits per heavy atom. The SMILES string of the molecule is O=C(CSC1CCNCC1)NCCSCCCO. The molecule has 6 heteroatoms. The van der Waals surface area contributed by atoms with E-state index in [2.05, 4.69) is 10.6 Å². The van der Waals surface area contributed by atoms with Gasteiger partial charge in [0.1, 0.15) is 0 Å². The second kappa shape index (κ2) is 11.0. The van der Waals surface area contributed by atoms with Crippen LogP contribution in [0.4, 0.5) is 0 Å². The minimum atomic E-state index is 0.154. The van der Waals surface area contributed by atoms with Gasteiger partial charge in [0.05, 0.1) is 5.75 Å². The lowest BCUT2D eigenvalue weighted by Crippen LogP contribution is -2.32. The number of carbonyl (C=O) groups is 1. The number of amides is 1. The van der Waals surface area contributed by atoms with Gasteiger partial charge in [0.2, 0.25) is 5.91 Å². The van der Waals surface area contributed by atoms with Gasteiger partial charge in [-0.3, -0.25) is 4.79 Å². The van der Waals surface area contributed by atoms with Crippen LogP contribution in [0.25, 0.3) is 0 Å².